The van der Waals surface area contributed by atoms with Crippen LogP contribution in [0.1, 0.15) is 22.8 Å². The van der Waals surface area contributed by atoms with Crippen LogP contribution < -0.4 is 10.6 Å². The Labute approximate surface area is 154 Å². The molecule has 0 unspecified atom stereocenters. The lowest BCUT2D eigenvalue weighted by atomic mass is 10.1. The Morgan fingerprint density at radius 2 is 1.73 bits per heavy atom. The number of benzene rings is 2. The zero-order valence-corrected chi connectivity index (χ0v) is 14.6. The third kappa shape index (κ3) is 4.12. The van der Waals surface area contributed by atoms with Gasteiger partial charge in [-0.15, -0.1) is 11.3 Å². The zero-order valence-electron chi connectivity index (χ0n) is 13.8. The lowest BCUT2D eigenvalue weighted by molar-refractivity contribution is -0.114. The van der Waals surface area contributed by atoms with E-state index in [2.05, 4.69) is 15.6 Å². The maximum absolute atomic E-state index is 12.2. The number of hydrogen-bond acceptors (Lipinski definition) is 5. The average molecular weight is 362 g/mol. The normalized spacial score (nSPS) is 10.0. The van der Waals surface area contributed by atoms with Gasteiger partial charge in [-0.05, 0) is 36.4 Å². The van der Waals surface area contributed by atoms with Crippen molar-refractivity contribution in [2.24, 2.45) is 0 Å². The molecule has 0 saturated heterocycles. The molecular formula is C19H14N4O2S. The second-order valence-electron chi connectivity index (χ2n) is 5.44. The van der Waals surface area contributed by atoms with Crippen molar-refractivity contribution < 1.29 is 9.59 Å². The summed E-state index contributed by atoms with van der Waals surface area (Å²) in [5.41, 5.74) is 3.29. The topological polar surface area (TPSA) is 94.9 Å². The molecule has 3 rings (SSSR count). The minimum Gasteiger partial charge on any atom is -0.326 e. The summed E-state index contributed by atoms with van der Waals surface area (Å²) in [7, 11) is 0. The van der Waals surface area contributed by atoms with Crippen LogP contribution in [0.2, 0.25) is 0 Å². The standard InChI is InChI=1S/C19H14N4O2S/c1-12(24)21-16-8-6-14(7-9-16)17-11-26-19(22-17)23-18(25)15-4-2-13(10-20)3-5-15/h2-9,11H,1H3,(H,21,24)(H,22,23,25). The van der Waals surface area contributed by atoms with Crippen LogP contribution in [0.4, 0.5) is 10.8 Å². The first-order valence-corrected chi connectivity index (χ1v) is 8.58. The Morgan fingerprint density at radius 3 is 2.35 bits per heavy atom. The number of carbonyl (C=O) groups excluding carboxylic acids is 2. The Bertz CT molecular complexity index is 986. The molecule has 0 aliphatic rings. The number of anilines is 2. The molecule has 1 aromatic heterocycles. The van der Waals surface area contributed by atoms with E-state index in [0.29, 0.717) is 21.9 Å². The number of nitrogens with one attached hydrogen (secondary N) is 2. The van der Waals surface area contributed by atoms with Crippen molar-refractivity contribution in [2.75, 3.05) is 10.6 Å². The summed E-state index contributed by atoms with van der Waals surface area (Å²) in [6.45, 7) is 1.46. The van der Waals surface area contributed by atoms with Crippen molar-refractivity contribution in [1.29, 1.82) is 5.26 Å². The van der Waals surface area contributed by atoms with Crippen LogP contribution in [0.15, 0.2) is 53.9 Å². The first-order valence-electron chi connectivity index (χ1n) is 7.70. The van der Waals surface area contributed by atoms with Crippen molar-refractivity contribution in [3.05, 3.63) is 65.0 Å². The maximum atomic E-state index is 12.2. The molecule has 1 heterocycles. The second kappa shape index (κ2) is 7.59. The van der Waals surface area contributed by atoms with Crippen molar-refractivity contribution in [3.63, 3.8) is 0 Å². The van der Waals surface area contributed by atoms with E-state index in [1.165, 1.54) is 18.3 Å². The van der Waals surface area contributed by atoms with Crippen LogP contribution in [0.25, 0.3) is 11.3 Å². The van der Waals surface area contributed by atoms with E-state index in [0.717, 1.165) is 11.3 Å². The second-order valence-corrected chi connectivity index (χ2v) is 6.30. The van der Waals surface area contributed by atoms with Gasteiger partial charge in [0.15, 0.2) is 5.13 Å². The van der Waals surface area contributed by atoms with Gasteiger partial charge in [0, 0.05) is 29.1 Å². The minimum absolute atomic E-state index is 0.126. The van der Waals surface area contributed by atoms with Gasteiger partial charge in [-0.3, -0.25) is 14.9 Å². The van der Waals surface area contributed by atoms with E-state index >= 15 is 0 Å². The molecule has 0 aliphatic carbocycles. The van der Waals surface area contributed by atoms with Gasteiger partial charge in [0.05, 0.1) is 17.3 Å². The molecule has 2 N–H and O–H groups in total. The van der Waals surface area contributed by atoms with E-state index in [1.54, 1.807) is 36.4 Å². The lowest BCUT2D eigenvalue weighted by Crippen LogP contribution is -2.11. The van der Waals surface area contributed by atoms with Crippen molar-refractivity contribution in [2.45, 2.75) is 6.92 Å². The van der Waals surface area contributed by atoms with Crippen molar-refractivity contribution in [3.8, 4) is 17.3 Å². The Hall–Kier alpha value is -3.50. The van der Waals surface area contributed by atoms with Gasteiger partial charge in [-0.25, -0.2) is 4.98 Å². The van der Waals surface area contributed by atoms with E-state index in [-0.39, 0.29) is 11.8 Å². The number of hydrogen-bond donors (Lipinski definition) is 2. The number of aromatic nitrogens is 1. The molecule has 6 nitrogen and oxygen atoms in total. The molecular weight excluding hydrogens is 348 g/mol. The highest BCUT2D eigenvalue weighted by molar-refractivity contribution is 7.14. The summed E-state index contributed by atoms with van der Waals surface area (Å²) < 4.78 is 0. The lowest BCUT2D eigenvalue weighted by Gasteiger charge is -2.03. The van der Waals surface area contributed by atoms with Gasteiger partial charge in [-0.2, -0.15) is 5.26 Å². The monoisotopic (exact) mass is 362 g/mol. The summed E-state index contributed by atoms with van der Waals surface area (Å²) in [6.07, 6.45) is 0. The minimum atomic E-state index is -0.281. The number of nitriles is 1. The molecule has 2 aromatic carbocycles. The highest BCUT2D eigenvalue weighted by atomic mass is 32.1. The Morgan fingerprint density at radius 1 is 1.04 bits per heavy atom. The van der Waals surface area contributed by atoms with Crippen LogP contribution >= 0.6 is 11.3 Å². The molecule has 0 radical (unpaired) electrons. The first kappa shape index (κ1) is 17.3. The van der Waals surface area contributed by atoms with Crippen LogP contribution in [0.3, 0.4) is 0 Å². The number of nitrogens with zero attached hydrogens (tertiary/aromatic N) is 2. The van der Waals surface area contributed by atoms with Gasteiger partial charge in [0.1, 0.15) is 0 Å². The molecule has 0 saturated carbocycles. The fraction of sp³-hybridized carbons (Fsp3) is 0.0526. The van der Waals surface area contributed by atoms with Gasteiger partial charge in [-0.1, -0.05) is 12.1 Å². The van der Waals surface area contributed by atoms with Crippen LogP contribution in [0.5, 0.6) is 0 Å². The molecule has 3 aromatic rings. The fourth-order valence-corrected chi connectivity index (χ4v) is 2.97. The van der Waals surface area contributed by atoms with Crippen LogP contribution in [-0.2, 0) is 4.79 Å². The number of thiazole rings is 1. The van der Waals surface area contributed by atoms with Gasteiger partial charge >= 0.3 is 0 Å². The van der Waals surface area contributed by atoms with Crippen molar-refractivity contribution in [1.82, 2.24) is 4.98 Å². The number of rotatable bonds is 4. The number of amides is 2. The zero-order chi connectivity index (χ0) is 18.5. The van der Waals surface area contributed by atoms with Gasteiger partial charge < -0.3 is 5.32 Å². The maximum Gasteiger partial charge on any atom is 0.257 e. The van der Waals surface area contributed by atoms with Crippen LogP contribution in [-0.4, -0.2) is 16.8 Å². The summed E-state index contributed by atoms with van der Waals surface area (Å²) in [5.74, 6) is -0.407. The molecule has 0 bridgehead atoms. The quantitative estimate of drug-likeness (QED) is 0.736. The van der Waals surface area contributed by atoms with Gasteiger partial charge in [0.2, 0.25) is 5.91 Å². The first-order chi connectivity index (χ1) is 12.5. The largest absolute Gasteiger partial charge is 0.326 e. The molecule has 0 atom stereocenters. The molecule has 0 spiro atoms. The predicted octanol–water partition coefficient (Wildman–Crippen LogP) is 3.89. The fourth-order valence-electron chi connectivity index (χ4n) is 2.26. The molecule has 128 valence electrons. The summed E-state index contributed by atoms with van der Waals surface area (Å²) >= 11 is 1.32. The van der Waals surface area contributed by atoms with Crippen LogP contribution in [0, 0.1) is 11.3 Å². The van der Waals surface area contributed by atoms with Crippen molar-refractivity contribution >= 4 is 34.0 Å². The summed E-state index contributed by atoms with van der Waals surface area (Å²) in [4.78, 5) is 27.7. The highest BCUT2D eigenvalue weighted by Crippen LogP contribution is 2.26. The third-order valence-electron chi connectivity index (χ3n) is 3.50. The SMILES string of the molecule is CC(=O)Nc1ccc(-c2csc(NC(=O)c3ccc(C#N)cc3)n2)cc1. The molecule has 2 amide bonds. The summed E-state index contributed by atoms with van der Waals surface area (Å²) in [5, 5.41) is 16.6. The highest BCUT2D eigenvalue weighted by Gasteiger charge is 2.10. The van der Waals surface area contributed by atoms with E-state index in [4.69, 9.17) is 5.26 Å². The Kier molecular flexibility index (Phi) is 5.06. The Balaban J connectivity index is 1.70. The van der Waals surface area contributed by atoms with Gasteiger partial charge in [0.25, 0.3) is 5.91 Å². The third-order valence-corrected chi connectivity index (χ3v) is 4.26. The molecule has 0 fully saturated rings. The summed E-state index contributed by atoms with van der Waals surface area (Å²) in [6, 6.07) is 15.7. The van der Waals surface area contributed by atoms with E-state index < -0.39 is 0 Å². The molecule has 26 heavy (non-hydrogen) atoms. The average Bonchev–Trinajstić information content (AvgIpc) is 3.10. The smallest absolute Gasteiger partial charge is 0.257 e. The predicted molar refractivity (Wildman–Crippen MR) is 101 cm³/mol. The van der Waals surface area contributed by atoms with E-state index in [1.807, 2.05) is 23.6 Å². The number of carbonyl (C=O) groups is 2. The van der Waals surface area contributed by atoms with E-state index in [9.17, 15) is 9.59 Å². The molecule has 0 aliphatic heterocycles. The molecule has 7 heteroatoms.